The Bertz CT molecular complexity index is 951. The Morgan fingerprint density at radius 3 is 2.37 bits per heavy atom. The van der Waals surface area contributed by atoms with Crippen molar-refractivity contribution in [3.63, 3.8) is 0 Å². The van der Waals surface area contributed by atoms with Gasteiger partial charge in [-0.05, 0) is 43.3 Å². The molecule has 1 N–H and O–H groups in total. The standard InChI is InChI=1S/C17H17Cl3N2O4S/c1-3-26-16-7-5-12(9-15(16)20)27(24,25)22(2)10-17(23)21-11-4-6-13(18)14(19)8-11/h4-9H,3,10H2,1-2H3,(H,21,23). The number of carbonyl (C=O) groups excluding carboxylic acids is 1. The molecule has 0 aromatic heterocycles. The third-order valence-electron chi connectivity index (χ3n) is 3.48. The lowest BCUT2D eigenvalue weighted by atomic mass is 10.3. The Hall–Kier alpha value is -1.51. The van der Waals surface area contributed by atoms with Crippen molar-refractivity contribution in [3.05, 3.63) is 51.5 Å². The van der Waals surface area contributed by atoms with Crippen LogP contribution in [0.3, 0.4) is 0 Å². The molecule has 0 bridgehead atoms. The number of ether oxygens (including phenoxy) is 1. The van der Waals surface area contributed by atoms with Gasteiger partial charge in [-0.1, -0.05) is 34.8 Å². The number of nitrogens with zero attached hydrogens (tertiary/aromatic N) is 1. The molecule has 10 heteroatoms. The second-order valence-electron chi connectivity index (χ2n) is 5.46. The summed E-state index contributed by atoms with van der Waals surface area (Å²) in [6.45, 7) is 1.80. The number of carbonyl (C=O) groups is 1. The van der Waals surface area contributed by atoms with Crippen molar-refractivity contribution in [1.82, 2.24) is 4.31 Å². The van der Waals surface area contributed by atoms with E-state index in [-0.39, 0.29) is 14.9 Å². The molecule has 0 saturated heterocycles. The predicted molar refractivity (Wildman–Crippen MR) is 108 cm³/mol. The van der Waals surface area contributed by atoms with Crippen LogP contribution in [0, 0.1) is 0 Å². The van der Waals surface area contributed by atoms with Crippen molar-refractivity contribution in [2.24, 2.45) is 0 Å². The first kappa shape index (κ1) is 21.8. The highest BCUT2D eigenvalue weighted by molar-refractivity contribution is 7.89. The predicted octanol–water partition coefficient (Wildman–Crippen LogP) is 4.30. The maximum Gasteiger partial charge on any atom is 0.243 e. The number of rotatable bonds is 7. The van der Waals surface area contributed by atoms with Crippen LogP contribution >= 0.6 is 34.8 Å². The summed E-state index contributed by atoms with van der Waals surface area (Å²) in [4.78, 5) is 12.1. The number of likely N-dealkylation sites (N-methyl/N-ethyl adjacent to an activating group) is 1. The highest BCUT2D eigenvalue weighted by atomic mass is 35.5. The van der Waals surface area contributed by atoms with Gasteiger partial charge in [-0.2, -0.15) is 4.31 Å². The molecule has 0 aliphatic rings. The Morgan fingerprint density at radius 1 is 1.07 bits per heavy atom. The van der Waals surface area contributed by atoms with Crippen LogP contribution in [0.1, 0.15) is 6.92 Å². The molecule has 2 aromatic carbocycles. The summed E-state index contributed by atoms with van der Waals surface area (Å²) in [6.07, 6.45) is 0. The summed E-state index contributed by atoms with van der Waals surface area (Å²) in [5.41, 5.74) is 0.407. The lowest BCUT2D eigenvalue weighted by Crippen LogP contribution is -2.35. The number of halogens is 3. The van der Waals surface area contributed by atoms with Gasteiger partial charge in [0.2, 0.25) is 15.9 Å². The molecule has 0 saturated carbocycles. The fraction of sp³-hybridized carbons (Fsp3) is 0.235. The normalized spacial score (nSPS) is 11.5. The molecule has 1 amide bonds. The zero-order chi connectivity index (χ0) is 20.2. The first-order valence-corrected chi connectivity index (χ1v) is 10.4. The van der Waals surface area contributed by atoms with Gasteiger partial charge in [0, 0.05) is 12.7 Å². The third kappa shape index (κ3) is 5.49. The van der Waals surface area contributed by atoms with Crippen LogP contribution < -0.4 is 10.1 Å². The fourth-order valence-electron chi connectivity index (χ4n) is 2.16. The maximum atomic E-state index is 12.6. The van der Waals surface area contributed by atoms with Gasteiger partial charge in [-0.3, -0.25) is 4.79 Å². The number of nitrogens with one attached hydrogen (secondary N) is 1. The second-order valence-corrected chi connectivity index (χ2v) is 8.73. The summed E-state index contributed by atoms with van der Waals surface area (Å²) >= 11 is 17.8. The van der Waals surface area contributed by atoms with Gasteiger partial charge in [0.1, 0.15) is 5.75 Å². The Balaban J connectivity index is 2.11. The average Bonchev–Trinajstić information content (AvgIpc) is 2.59. The van der Waals surface area contributed by atoms with E-state index in [1.54, 1.807) is 13.0 Å². The van der Waals surface area contributed by atoms with Gasteiger partial charge < -0.3 is 10.1 Å². The SMILES string of the molecule is CCOc1ccc(S(=O)(=O)N(C)CC(=O)Nc2ccc(Cl)c(Cl)c2)cc1Cl. The van der Waals surface area contributed by atoms with Gasteiger partial charge in [-0.25, -0.2) is 8.42 Å². The molecule has 0 aliphatic heterocycles. The molecule has 0 radical (unpaired) electrons. The maximum absolute atomic E-state index is 12.6. The molecular weight excluding hydrogens is 435 g/mol. The molecule has 0 spiro atoms. The van der Waals surface area contributed by atoms with Crippen LogP contribution in [-0.4, -0.2) is 38.8 Å². The van der Waals surface area contributed by atoms with Gasteiger partial charge in [-0.15, -0.1) is 0 Å². The van der Waals surface area contributed by atoms with Crippen molar-refractivity contribution < 1.29 is 17.9 Å². The second kappa shape index (κ2) is 9.12. The summed E-state index contributed by atoms with van der Waals surface area (Å²) in [6, 6.07) is 8.70. The van der Waals surface area contributed by atoms with E-state index in [2.05, 4.69) is 5.32 Å². The largest absolute Gasteiger partial charge is 0.492 e. The van der Waals surface area contributed by atoms with E-state index in [0.29, 0.717) is 23.1 Å². The van der Waals surface area contributed by atoms with Crippen LogP contribution in [0.4, 0.5) is 5.69 Å². The van der Waals surface area contributed by atoms with Crippen molar-refractivity contribution in [2.45, 2.75) is 11.8 Å². The number of benzene rings is 2. The van der Waals surface area contributed by atoms with Gasteiger partial charge in [0.15, 0.2) is 0 Å². The van der Waals surface area contributed by atoms with Gasteiger partial charge in [0.25, 0.3) is 0 Å². The zero-order valence-corrected chi connectivity index (χ0v) is 17.6. The molecule has 0 aliphatic carbocycles. The van der Waals surface area contributed by atoms with E-state index >= 15 is 0 Å². The highest BCUT2D eigenvalue weighted by Crippen LogP contribution is 2.28. The monoisotopic (exact) mass is 450 g/mol. The van der Waals surface area contributed by atoms with Crippen LogP contribution in [0.15, 0.2) is 41.3 Å². The Morgan fingerprint density at radius 2 is 1.78 bits per heavy atom. The molecule has 27 heavy (non-hydrogen) atoms. The molecule has 0 heterocycles. The van der Waals surface area contributed by atoms with Crippen molar-refractivity contribution in [1.29, 1.82) is 0 Å². The lowest BCUT2D eigenvalue weighted by molar-refractivity contribution is -0.116. The topological polar surface area (TPSA) is 75.7 Å². The molecule has 2 aromatic rings. The fourth-order valence-corrected chi connectivity index (χ4v) is 3.91. The first-order valence-electron chi connectivity index (χ1n) is 7.78. The smallest absolute Gasteiger partial charge is 0.243 e. The van der Waals surface area contributed by atoms with Gasteiger partial charge >= 0.3 is 0 Å². The number of hydrogen-bond acceptors (Lipinski definition) is 4. The molecule has 6 nitrogen and oxygen atoms in total. The number of hydrogen-bond donors (Lipinski definition) is 1. The average molecular weight is 452 g/mol. The number of amides is 1. The zero-order valence-electron chi connectivity index (χ0n) is 14.5. The van der Waals surface area contributed by atoms with Crippen LogP contribution in [0.25, 0.3) is 0 Å². The highest BCUT2D eigenvalue weighted by Gasteiger charge is 2.24. The molecule has 0 atom stereocenters. The molecule has 146 valence electrons. The Kier molecular flexibility index (Phi) is 7.36. The van der Waals surface area contributed by atoms with Crippen LogP contribution in [-0.2, 0) is 14.8 Å². The van der Waals surface area contributed by atoms with Gasteiger partial charge in [0.05, 0.1) is 33.1 Å². The summed E-state index contributed by atoms with van der Waals surface area (Å²) < 4.78 is 31.5. The number of sulfonamides is 1. The molecule has 2 rings (SSSR count). The van der Waals surface area contributed by atoms with E-state index in [4.69, 9.17) is 39.5 Å². The van der Waals surface area contributed by atoms with E-state index in [1.807, 2.05) is 0 Å². The van der Waals surface area contributed by atoms with E-state index in [9.17, 15) is 13.2 Å². The number of anilines is 1. The minimum absolute atomic E-state index is 0.0409. The van der Waals surface area contributed by atoms with E-state index in [0.717, 1.165) is 4.31 Å². The van der Waals surface area contributed by atoms with Crippen LogP contribution in [0.2, 0.25) is 15.1 Å². The lowest BCUT2D eigenvalue weighted by Gasteiger charge is -2.17. The molecular formula is C17H17Cl3N2O4S. The molecule has 0 fully saturated rings. The van der Waals surface area contributed by atoms with Crippen LogP contribution in [0.5, 0.6) is 5.75 Å². The summed E-state index contributed by atoms with van der Waals surface area (Å²) in [5, 5.41) is 3.37. The summed E-state index contributed by atoms with van der Waals surface area (Å²) in [5.74, 6) is -0.144. The van der Waals surface area contributed by atoms with Crippen molar-refractivity contribution in [2.75, 3.05) is 25.5 Å². The summed E-state index contributed by atoms with van der Waals surface area (Å²) in [7, 11) is -2.61. The first-order chi connectivity index (χ1) is 12.6. The van der Waals surface area contributed by atoms with E-state index in [1.165, 1.54) is 37.4 Å². The van der Waals surface area contributed by atoms with E-state index < -0.39 is 22.5 Å². The minimum Gasteiger partial charge on any atom is -0.492 e. The third-order valence-corrected chi connectivity index (χ3v) is 6.31. The van der Waals surface area contributed by atoms with Crippen molar-refractivity contribution >= 4 is 56.4 Å². The Labute approximate surface area is 173 Å². The molecule has 0 unspecified atom stereocenters. The minimum atomic E-state index is -3.91. The van der Waals surface area contributed by atoms with Crippen molar-refractivity contribution in [3.8, 4) is 5.75 Å². The quantitative estimate of drug-likeness (QED) is 0.681.